The number of hydrogen-bond donors (Lipinski definition) is 0. The summed E-state index contributed by atoms with van der Waals surface area (Å²) in [4.78, 5) is 0. The van der Waals surface area contributed by atoms with E-state index in [1.807, 2.05) is 0 Å². The predicted octanol–water partition coefficient (Wildman–Crippen LogP) is 16.7. The van der Waals surface area contributed by atoms with E-state index in [0.29, 0.717) is 0 Å². The molecule has 0 amide bonds. The minimum Gasteiger partial charge on any atom is -0.0654 e. The van der Waals surface area contributed by atoms with Crippen molar-refractivity contribution in [2.75, 3.05) is 0 Å². The molecule has 0 rings (SSSR count). The molecule has 0 heterocycles. The average Bonchev–Trinajstić information content (AvgIpc) is 3.02. The smallest absolute Gasteiger partial charge is 0.0414 e. The minimum absolute atomic E-state index is 1.02. The Morgan fingerprint density at radius 3 is 0.651 bits per heavy atom. The summed E-state index contributed by atoms with van der Waals surface area (Å²) in [6.45, 7) is 8.68. The van der Waals surface area contributed by atoms with Crippen molar-refractivity contribution in [3.63, 3.8) is 0 Å². The van der Waals surface area contributed by atoms with E-state index >= 15 is 0 Å². The van der Waals surface area contributed by atoms with Gasteiger partial charge >= 0.3 is 0 Å². The zero-order valence-corrected chi connectivity index (χ0v) is 30.9. The van der Waals surface area contributed by atoms with Gasteiger partial charge in [0.05, 0.1) is 0 Å². The van der Waals surface area contributed by atoms with Gasteiger partial charge in [-0.25, -0.2) is 0 Å². The zero-order chi connectivity index (χ0) is 31.2. The topological polar surface area (TPSA) is 0 Å². The van der Waals surface area contributed by atoms with Crippen molar-refractivity contribution < 1.29 is 0 Å². The van der Waals surface area contributed by atoms with Gasteiger partial charge in [0, 0.05) is 0 Å². The third-order valence-electron chi connectivity index (χ3n) is 10.3. The maximum atomic E-state index is 4.05. The van der Waals surface area contributed by atoms with Gasteiger partial charge < -0.3 is 0 Å². The van der Waals surface area contributed by atoms with Crippen molar-refractivity contribution >= 4 is 0 Å². The van der Waals surface area contributed by atoms with Gasteiger partial charge in [0.25, 0.3) is 0 Å². The molecule has 0 saturated carbocycles. The van der Waals surface area contributed by atoms with Crippen LogP contribution in [-0.4, -0.2) is 0 Å². The van der Waals surface area contributed by atoms with Gasteiger partial charge in [0.2, 0.25) is 0 Å². The van der Waals surface area contributed by atoms with Crippen LogP contribution in [0.25, 0.3) is 0 Å². The third kappa shape index (κ3) is 38.1. The van der Waals surface area contributed by atoms with Crippen LogP contribution in [0.2, 0.25) is 0 Å². The maximum Gasteiger partial charge on any atom is -0.0414 e. The average molecular weight is 604 g/mol. The minimum atomic E-state index is 1.02. The lowest BCUT2D eigenvalue weighted by atomic mass is 9.89. The van der Waals surface area contributed by atoms with Crippen molar-refractivity contribution in [1.29, 1.82) is 0 Å². The molecule has 0 aliphatic carbocycles. The molecule has 1 radical (unpaired) electrons. The van der Waals surface area contributed by atoms with Crippen LogP contribution < -0.4 is 0 Å². The standard InChI is InChI=1S/C43H87/c1-4-7-10-13-15-17-19-21-23-24-26-28-30-32-34-36-39-42-43(40-37-12-9-6-3)41-38-35-33-31-29-27-25-22-20-18-16-14-11-8-5-2/h43H,3-42H2,1-2H3. The van der Waals surface area contributed by atoms with Crippen molar-refractivity contribution in [2.24, 2.45) is 5.92 Å². The molecule has 0 aromatic carbocycles. The van der Waals surface area contributed by atoms with Crippen molar-refractivity contribution in [3.8, 4) is 0 Å². The van der Waals surface area contributed by atoms with Crippen LogP contribution in [0.5, 0.6) is 0 Å². The third-order valence-corrected chi connectivity index (χ3v) is 10.3. The van der Waals surface area contributed by atoms with Gasteiger partial charge in [-0.1, -0.05) is 271 Å². The summed E-state index contributed by atoms with van der Waals surface area (Å²) in [5.74, 6) is 1.02. The molecule has 0 fully saturated rings. The van der Waals surface area contributed by atoms with Crippen molar-refractivity contribution in [3.05, 3.63) is 6.92 Å². The first-order valence-corrected chi connectivity index (χ1v) is 21.1. The first-order chi connectivity index (χ1) is 21.3. The van der Waals surface area contributed by atoms with Crippen molar-refractivity contribution in [2.45, 2.75) is 264 Å². The Morgan fingerprint density at radius 1 is 0.256 bits per heavy atom. The van der Waals surface area contributed by atoms with E-state index in [-0.39, 0.29) is 0 Å². The van der Waals surface area contributed by atoms with E-state index < -0.39 is 0 Å². The molecule has 1 atom stereocenters. The lowest BCUT2D eigenvalue weighted by Gasteiger charge is -2.17. The summed E-state index contributed by atoms with van der Waals surface area (Å²) in [5, 5.41) is 0. The summed E-state index contributed by atoms with van der Waals surface area (Å²) in [5.41, 5.74) is 0. The molecule has 259 valence electrons. The first-order valence-electron chi connectivity index (χ1n) is 21.1. The van der Waals surface area contributed by atoms with E-state index in [1.165, 1.54) is 244 Å². The van der Waals surface area contributed by atoms with E-state index in [9.17, 15) is 0 Å². The van der Waals surface area contributed by atoms with Crippen LogP contribution >= 0.6 is 0 Å². The van der Waals surface area contributed by atoms with E-state index in [2.05, 4.69) is 20.8 Å². The molecule has 43 heavy (non-hydrogen) atoms. The Morgan fingerprint density at radius 2 is 0.442 bits per heavy atom. The molecule has 0 heteroatoms. The second-order valence-corrected chi connectivity index (χ2v) is 14.8. The molecule has 0 aromatic heterocycles. The van der Waals surface area contributed by atoms with E-state index in [4.69, 9.17) is 0 Å². The van der Waals surface area contributed by atoms with Gasteiger partial charge in [0.1, 0.15) is 0 Å². The van der Waals surface area contributed by atoms with Gasteiger partial charge in [0.15, 0.2) is 0 Å². The number of rotatable bonds is 39. The summed E-state index contributed by atoms with van der Waals surface area (Å²) in [6, 6.07) is 0. The summed E-state index contributed by atoms with van der Waals surface area (Å²) in [7, 11) is 0. The Labute approximate surface area is 276 Å². The lowest BCUT2D eigenvalue weighted by Crippen LogP contribution is -2.01. The van der Waals surface area contributed by atoms with Crippen LogP contribution in [0, 0.1) is 12.8 Å². The van der Waals surface area contributed by atoms with Crippen LogP contribution in [0.15, 0.2) is 0 Å². The highest BCUT2D eigenvalue weighted by Gasteiger charge is 2.09. The fourth-order valence-electron chi connectivity index (χ4n) is 7.18. The highest BCUT2D eigenvalue weighted by Crippen LogP contribution is 2.25. The van der Waals surface area contributed by atoms with Crippen LogP contribution in [-0.2, 0) is 0 Å². The first kappa shape index (κ1) is 43.0. The Hall–Kier alpha value is 0. The monoisotopic (exact) mass is 604 g/mol. The second-order valence-electron chi connectivity index (χ2n) is 14.8. The lowest BCUT2D eigenvalue weighted by molar-refractivity contribution is 0.366. The van der Waals surface area contributed by atoms with Crippen LogP contribution in [0.3, 0.4) is 0 Å². The molecule has 0 N–H and O–H groups in total. The Kier molecular flexibility index (Phi) is 40.0. The quantitative estimate of drug-likeness (QED) is 0.0613. The second kappa shape index (κ2) is 40.0. The molecule has 0 spiro atoms. The predicted molar refractivity (Wildman–Crippen MR) is 200 cm³/mol. The molecular formula is C43H87. The molecule has 0 saturated heterocycles. The Bertz CT molecular complexity index is 453. The summed E-state index contributed by atoms with van der Waals surface area (Å²) < 4.78 is 0. The van der Waals surface area contributed by atoms with Crippen molar-refractivity contribution in [1.82, 2.24) is 0 Å². The highest BCUT2D eigenvalue weighted by molar-refractivity contribution is 4.62. The van der Waals surface area contributed by atoms with Gasteiger partial charge in [-0.05, 0) is 5.92 Å². The fraction of sp³-hybridized carbons (Fsp3) is 0.977. The number of unbranched alkanes of at least 4 members (excludes halogenated alkanes) is 33. The fourth-order valence-corrected chi connectivity index (χ4v) is 7.18. The normalized spacial score (nSPS) is 12.3. The summed E-state index contributed by atoms with van der Waals surface area (Å²) >= 11 is 0. The Balaban J connectivity index is 3.59. The van der Waals surface area contributed by atoms with E-state index in [0.717, 1.165) is 12.3 Å². The maximum absolute atomic E-state index is 4.05. The highest BCUT2D eigenvalue weighted by atomic mass is 14.1. The van der Waals surface area contributed by atoms with Gasteiger partial charge in [-0.15, -0.1) is 0 Å². The largest absolute Gasteiger partial charge is 0.0654 e. The SMILES string of the molecule is [CH2]CCCCCC(CCCCCCCCCCCCCCCCC)CCCCCCCCCCCCCCCCCCC. The molecule has 0 bridgehead atoms. The molecule has 0 nitrogen and oxygen atoms in total. The molecular weight excluding hydrogens is 516 g/mol. The van der Waals surface area contributed by atoms with Gasteiger partial charge in [-0.3, -0.25) is 0 Å². The van der Waals surface area contributed by atoms with E-state index in [1.54, 1.807) is 0 Å². The van der Waals surface area contributed by atoms with Crippen LogP contribution in [0.4, 0.5) is 0 Å². The molecule has 0 aromatic rings. The number of hydrogen-bond acceptors (Lipinski definition) is 0. The molecule has 1 unspecified atom stereocenters. The summed E-state index contributed by atoms with van der Waals surface area (Å²) in [6.07, 6.45) is 57.1. The zero-order valence-electron chi connectivity index (χ0n) is 30.9. The molecule has 0 aliphatic rings. The van der Waals surface area contributed by atoms with Gasteiger partial charge in [-0.2, -0.15) is 0 Å². The van der Waals surface area contributed by atoms with Crippen LogP contribution in [0.1, 0.15) is 264 Å². The molecule has 0 aliphatic heterocycles.